The van der Waals surface area contributed by atoms with Crippen molar-refractivity contribution in [2.45, 2.75) is 55.7 Å². The molecule has 0 aromatic rings. The number of rotatable bonds is 11. The first-order chi connectivity index (χ1) is 15.7. The zero-order valence-corrected chi connectivity index (χ0v) is 18.9. The minimum atomic E-state index is -1.58. The van der Waals surface area contributed by atoms with E-state index in [0.717, 1.165) is 0 Å². The highest BCUT2D eigenvalue weighted by Gasteiger charge is 2.47. The second-order valence-electron chi connectivity index (χ2n) is 8.28. The van der Waals surface area contributed by atoms with Crippen molar-refractivity contribution < 1.29 is 58.8 Å². The molecule has 0 radical (unpaired) electrons. The number of carbonyl (C=O) groups is 2. The first-order valence-corrected chi connectivity index (χ1v) is 10.7. The maximum Gasteiger partial charge on any atom is 0.217 e. The monoisotopic (exact) mass is 480 g/mol. The van der Waals surface area contributed by atoms with Gasteiger partial charge in [0.05, 0.1) is 57.3 Å². The van der Waals surface area contributed by atoms with Crippen LogP contribution in [-0.2, 0) is 33.3 Å². The van der Waals surface area contributed by atoms with Crippen molar-refractivity contribution in [1.29, 1.82) is 0 Å². The summed E-state index contributed by atoms with van der Waals surface area (Å²) in [5.74, 6) is -3.74. The molecule has 1 amide bonds. The van der Waals surface area contributed by atoms with E-state index in [1.165, 1.54) is 21.1 Å². The van der Waals surface area contributed by atoms with Crippen molar-refractivity contribution in [3.05, 3.63) is 0 Å². The molecule has 2 fully saturated rings. The maximum absolute atomic E-state index is 11.7. The third-order valence-corrected chi connectivity index (χ3v) is 5.98. The zero-order valence-electron chi connectivity index (χ0n) is 18.9. The van der Waals surface area contributed by atoms with Crippen molar-refractivity contribution in [1.82, 2.24) is 5.32 Å². The highest BCUT2D eigenvalue weighted by atomic mass is 16.6. The molecule has 5 N–H and O–H groups in total. The quantitative estimate of drug-likeness (QED) is 0.190. The standard InChI is InChI=1S/C20H35NO12/c1-9(23)21-15-10(5-29-2)16(24)12(4-22)32-13(15)8-31-6-11-17(25)18(26)14(7-30-3)33-19(11)20(27)28/h10-19,22,24-26H,4-8H2,1-3H3,(H,21,23)(H,27,28)/p-1/t10-,11-,12?,13+,14+,15?,16-,17+,18?,19?/m1/s1. The van der Waals surface area contributed by atoms with Crippen molar-refractivity contribution in [2.24, 2.45) is 11.8 Å². The number of methoxy groups -OCH3 is 2. The van der Waals surface area contributed by atoms with Crippen molar-refractivity contribution in [3.8, 4) is 0 Å². The number of aliphatic carboxylic acids is 1. The number of hydrogen-bond donors (Lipinski definition) is 5. The number of carboxylic acids is 1. The molecule has 33 heavy (non-hydrogen) atoms. The van der Waals surface area contributed by atoms with Gasteiger partial charge in [-0.1, -0.05) is 0 Å². The van der Waals surface area contributed by atoms with Crippen LogP contribution in [0.3, 0.4) is 0 Å². The Kier molecular flexibility index (Phi) is 10.9. The van der Waals surface area contributed by atoms with Gasteiger partial charge in [-0.2, -0.15) is 0 Å². The van der Waals surface area contributed by atoms with E-state index in [9.17, 15) is 35.1 Å². The Morgan fingerprint density at radius 3 is 2.09 bits per heavy atom. The van der Waals surface area contributed by atoms with E-state index < -0.39 is 73.2 Å². The van der Waals surface area contributed by atoms with Crippen LogP contribution in [0.15, 0.2) is 0 Å². The van der Waals surface area contributed by atoms with Crippen LogP contribution in [-0.4, -0.2) is 128 Å². The van der Waals surface area contributed by atoms with E-state index in [-0.39, 0.29) is 32.3 Å². The fourth-order valence-corrected chi connectivity index (χ4v) is 4.34. The van der Waals surface area contributed by atoms with Gasteiger partial charge in [-0.15, -0.1) is 0 Å². The van der Waals surface area contributed by atoms with Gasteiger partial charge < -0.3 is 59.3 Å². The summed E-state index contributed by atoms with van der Waals surface area (Å²) in [5.41, 5.74) is 0. The lowest BCUT2D eigenvalue weighted by atomic mass is 9.84. The summed E-state index contributed by atoms with van der Waals surface area (Å²) in [5, 5.41) is 55.1. The van der Waals surface area contributed by atoms with E-state index in [4.69, 9.17) is 23.7 Å². The lowest BCUT2D eigenvalue weighted by molar-refractivity contribution is -0.332. The first-order valence-electron chi connectivity index (χ1n) is 10.7. The molecule has 2 rings (SSSR count). The lowest BCUT2D eigenvalue weighted by Gasteiger charge is -2.45. The van der Waals surface area contributed by atoms with Gasteiger partial charge in [0.15, 0.2) is 0 Å². The normalized spacial score (nSPS) is 39.2. The van der Waals surface area contributed by atoms with Gasteiger partial charge >= 0.3 is 0 Å². The number of nitrogens with one attached hydrogen (secondary N) is 1. The fourth-order valence-electron chi connectivity index (χ4n) is 4.34. The summed E-state index contributed by atoms with van der Waals surface area (Å²) in [7, 11) is 2.77. The molecule has 192 valence electrons. The Labute approximate surface area is 191 Å². The smallest absolute Gasteiger partial charge is 0.217 e. The molecule has 2 saturated heterocycles. The second-order valence-corrected chi connectivity index (χ2v) is 8.28. The van der Waals surface area contributed by atoms with Crippen LogP contribution in [0, 0.1) is 11.8 Å². The molecule has 4 unspecified atom stereocenters. The molecule has 0 aliphatic carbocycles. The molecule has 0 aromatic carbocycles. The van der Waals surface area contributed by atoms with Crippen LogP contribution in [0.5, 0.6) is 0 Å². The Balaban J connectivity index is 2.11. The van der Waals surface area contributed by atoms with Crippen LogP contribution >= 0.6 is 0 Å². The van der Waals surface area contributed by atoms with Crippen molar-refractivity contribution in [3.63, 3.8) is 0 Å². The lowest BCUT2D eigenvalue weighted by Crippen LogP contribution is -2.63. The Morgan fingerprint density at radius 1 is 0.879 bits per heavy atom. The highest BCUT2D eigenvalue weighted by molar-refractivity contribution is 5.73. The minimum Gasteiger partial charge on any atom is -0.547 e. The molecule has 0 saturated carbocycles. The predicted molar refractivity (Wildman–Crippen MR) is 107 cm³/mol. The third kappa shape index (κ3) is 6.81. The summed E-state index contributed by atoms with van der Waals surface area (Å²) in [4.78, 5) is 23.3. The van der Waals surface area contributed by atoms with E-state index in [2.05, 4.69) is 5.32 Å². The summed E-state index contributed by atoms with van der Waals surface area (Å²) < 4.78 is 26.7. The molecular weight excluding hydrogens is 446 g/mol. The number of aliphatic hydroxyl groups is 4. The van der Waals surface area contributed by atoms with Crippen molar-refractivity contribution >= 4 is 11.9 Å². The molecule has 2 heterocycles. The van der Waals surface area contributed by atoms with Crippen molar-refractivity contribution in [2.75, 3.05) is 47.3 Å². The number of aliphatic hydroxyl groups excluding tert-OH is 4. The molecule has 0 spiro atoms. The van der Waals surface area contributed by atoms with Gasteiger partial charge in [0.2, 0.25) is 5.91 Å². The van der Waals surface area contributed by atoms with E-state index in [0.29, 0.717) is 0 Å². The van der Waals surface area contributed by atoms with Gasteiger partial charge in [-0.25, -0.2) is 0 Å². The predicted octanol–water partition coefficient (Wildman–Crippen LogP) is -4.61. The van der Waals surface area contributed by atoms with Gasteiger partial charge in [0.25, 0.3) is 0 Å². The van der Waals surface area contributed by atoms with E-state index >= 15 is 0 Å². The third-order valence-electron chi connectivity index (χ3n) is 5.98. The molecule has 2 aliphatic rings. The molecule has 13 nitrogen and oxygen atoms in total. The SMILES string of the molecule is COC[C@@H]1OC(C(=O)[O-])[C@H](COC[C@@H]2OC(CO)[C@H](O)[C@H](COC)C2NC(C)=O)[C@H](O)C1O. The number of hydrogen-bond acceptors (Lipinski definition) is 12. The fraction of sp³-hybridized carbons (Fsp3) is 0.900. The van der Waals surface area contributed by atoms with E-state index in [1.807, 2.05) is 0 Å². The highest BCUT2D eigenvalue weighted by Crippen LogP contribution is 2.29. The summed E-state index contributed by atoms with van der Waals surface area (Å²) in [6, 6.07) is -0.735. The number of ether oxygens (including phenoxy) is 5. The van der Waals surface area contributed by atoms with E-state index in [1.54, 1.807) is 0 Å². The summed E-state index contributed by atoms with van der Waals surface area (Å²) in [6.45, 7) is 0.219. The number of carboxylic acid groups (broad SMARTS) is 1. The average molecular weight is 480 g/mol. The van der Waals surface area contributed by atoms with Crippen LogP contribution in [0.25, 0.3) is 0 Å². The van der Waals surface area contributed by atoms with Gasteiger partial charge in [-0.3, -0.25) is 4.79 Å². The maximum atomic E-state index is 11.7. The molecule has 13 heteroatoms. The molecule has 0 bridgehead atoms. The van der Waals surface area contributed by atoms with Gasteiger partial charge in [0, 0.05) is 33.0 Å². The van der Waals surface area contributed by atoms with Gasteiger partial charge in [0.1, 0.15) is 30.5 Å². The Hall–Kier alpha value is -1.42. The van der Waals surface area contributed by atoms with Crippen LogP contribution in [0.1, 0.15) is 6.92 Å². The van der Waals surface area contributed by atoms with Crippen LogP contribution < -0.4 is 10.4 Å². The Morgan fingerprint density at radius 2 is 1.55 bits per heavy atom. The summed E-state index contributed by atoms with van der Waals surface area (Å²) >= 11 is 0. The molecule has 0 aromatic heterocycles. The topological polar surface area (TPSA) is 196 Å². The van der Waals surface area contributed by atoms with Crippen LogP contribution in [0.4, 0.5) is 0 Å². The average Bonchev–Trinajstić information content (AvgIpc) is 2.76. The molecule has 10 atom stereocenters. The molecular formula is C20H34NO12-. The van der Waals surface area contributed by atoms with Gasteiger partial charge in [-0.05, 0) is 0 Å². The van der Waals surface area contributed by atoms with Crippen LogP contribution in [0.2, 0.25) is 0 Å². The second kappa shape index (κ2) is 12.9. The first kappa shape index (κ1) is 27.8. The minimum absolute atomic E-state index is 0.0670. The summed E-state index contributed by atoms with van der Waals surface area (Å²) in [6.07, 6.45) is -8.43. The zero-order chi connectivity index (χ0) is 24.7. The molecule has 2 aliphatic heterocycles. The largest absolute Gasteiger partial charge is 0.547 e. The number of carbonyl (C=O) groups excluding carboxylic acids is 2. The number of amides is 1. The Bertz CT molecular complexity index is 636.